The molecular weight excluding hydrogens is 244 g/mol. The van der Waals surface area contributed by atoms with Crippen LogP contribution in [0.25, 0.3) is 5.69 Å². The minimum atomic E-state index is 0.776. The van der Waals surface area contributed by atoms with Gasteiger partial charge in [-0.2, -0.15) is 0 Å². The molecule has 2 rings (SSSR count). The molecule has 1 heterocycles. The van der Waals surface area contributed by atoms with E-state index in [0.717, 1.165) is 11.6 Å². The summed E-state index contributed by atoms with van der Waals surface area (Å²) in [4.78, 5) is 0. The summed E-state index contributed by atoms with van der Waals surface area (Å²) in [5.41, 5.74) is 6.24. The number of nitrogens with one attached hydrogen (secondary N) is 1. The maximum absolute atomic E-state index is 6.11. The molecule has 96 valence electrons. The van der Waals surface area contributed by atoms with E-state index < -0.39 is 0 Å². The van der Waals surface area contributed by atoms with Crippen LogP contribution in [0.3, 0.4) is 0 Å². The van der Waals surface area contributed by atoms with Gasteiger partial charge in [0, 0.05) is 28.6 Å². The second-order valence-corrected chi connectivity index (χ2v) is 5.13. The Morgan fingerprint density at radius 1 is 1.17 bits per heavy atom. The van der Waals surface area contributed by atoms with Crippen LogP contribution in [0, 0.1) is 20.8 Å². The summed E-state index contributed by atoms with van der Waals surface area (Å²) in [5.74, 6) is 0. The molecular formula is C15H19ClN2. The van der Waals surface area contributed by atoms with E-state index in [1.165, 1.54) is 28.2 Å². The van der Waals surface area contributed by atoms with Crippen molar-refractivity contribution in [2.45, 2.75) is 27.3 Å². The summed E-state index contributed by atoms with van der Waals surface area (Å²) in [7, 11) is 1.97. The number of aryl methyl sites for hydroxylation is 2. The molecule has 2 aromatic rings. The molecule has 0 atom stereocenters. The highest BCUT2D eigenvalue weighted by Gasteiger charge is 2.12. The van der Waals surface area contributed by atoms with E-state index in [-0.39, 0.29) is 0 Å². The van der Waals surface area contributed by atoms with Crippen LogP contribution < -0.4 is 5.32 Å². The lowest BCUT2D eigenvalue weighted by Gasteiger charge is -2.13. The predicted octanol–water partition coefficient (Wildman–Crippen LogP) is 3.78. The van der Waals surface area contributed by atoms with Gasteiger partial charge >= 0.3 is 0 Å². The molecule has 0 amide bonds. The Kier molecular flexibility index (Phi) is 3.79. The van der Waals surface area contributed by atoms with Gasteiger partial charge in [0.2, 0.25) is 0 Å². The van der Waals surface area contributed by atoms with Crippen molar-refractivity contribution in [3.63, 3.8) is 0 Å². The monoisotopic (exact) mass is 262 g/mol. The Morgan fingerprint density at radius 2 is 1.89 bits per heavy atom. The summed E-state index contributed by atoms with van der Waals surface area (Å²) in [6.07, 6.45) is 0. The van der Waals surface area contributed by atoms with Crippen LogP contribution in [0.5, 0.6) is 0 Å². The molecule has 0 aliphatic rings. The number of hydrogen-bond acceptors (Lipinski definition) is 1. The summed E-state index contributed by atoms with van der Waals surface area (Å²) >= 11 is 6.11. The normalized spacial score (nSPS) is 10.9. The van der Waals surface area contributed by atoms with Gasteiger partial charge in [0.1, 0.15) is 0 Å². The highest BCUT2D eigenvalue weighted by Crippen LogP contribution is 2.25. The maximum Gasteiger partial charge on any atom is 0.0499 e. The molecule has 0 unspecified atom stereocenters. The molecule has 3 heteroatoms. The molecule has 18 heavy (non-hydrogen) atoms. The quantitative estimate of drug-likeness (QED) is 0.891. The van der Waals surface area contributed by atoms with Crippen LogP contribution in [0.4, 0.5) is 0 Å². The third-order valence-electron chi connectivity index (χ3n) is 3.32. The van der Waals surface area contributed by atoms with Crippen LogP contribution in [0.15, 0.2) is 24.3 Å². The van der Waals surface area contributed by atoms with Crippen molar-refractivity contribution in [2.24, 2.45) is 0 Å². The lowest BCUT2D eigenvalue weighted by molar-refractivity contribution is 0.806. The largest absolute Gasteiger partial charge is 0.318 e. The molecule has 0 radical (unpaired) electrons. The van der Waals surface area contributed by atoms with Crippen molar-refractivity contribution < 1.29 is 0 Å². The van der Waals surface area contributed by atoms with Gasteiger partial charge in [0.05, 0.1) is 0 Å². The molecule has 0 spiro atoms. The second kappa shape index (κ2) is 5.17. The molecule has 1 aromatic carbocycles. The van der Waals surface area contributed by atoms with Crippen molar-refractivity contribution in [2.75, 3.05) is 7.05 Å². The number of rotatable bonds is 3. The number of hydrogen-bond donors (Lipinski definition) is 1. The first-order chi connectivity index (χ1) is 8.54. The van der Waals surface area contributed by atoms with E-state index in [2.05, 4.69) is 42.8 Å². The Bertz CT molecular complexity index is 570. The third-order valence-corrected chi connectivity index (χ3v) is 3.55. The van der Waals surface area contributed by atoms with E-state index in [0.29, 0.717) is 0 Å². The topological polar surface area (TPSA) is 17.0 Å². The number of aromatic nitrogens is 1. The Morgan fingerprint density at radius 3 is 2.56 bits per heavy atom. The fraction of sp³-hybridized carbons (Fsp3) is 0.333. The summed E-state index contributed by atoms with van der Waals surface area (Å²) in [6, 6.07) is 8.25. The Hall–Kier alpha value is -1.25. The lowest BCUT2D eigenvalue weighted by Crippen LogP contribution is -2.07. The number of benzene rings is 1. The lowest BCUT2D eigenvalue weighted by atomic mass is 10.2. The average Bonchev–Trinajstić information content (AvgIpc) is 2.59. The Labute approximate surface area is 114 Å². The fourth-order valence-electron chi connectivity index (χ4n) is 2.39. The van der Waals surface area contributed by atoms with Gasteiger partial charge in [-0.1, -0.05) is 17.7 Å². The minimum absolute atomic E-state index is 0.776. The molecule has 0 aliphatic carbocycles. The van der Waals surface area contributed by atoms with Crippen molar-refractivity contribution in [1.82, 2.24) is 9.88 Å². The van der Waals surface area contributed by atoms with E-state index in [9.17, 15) is 0 Å². The van der Waals surface area contributed by atoms with Gasteiger partial charge in [-0.05, 0) is 57.1 Å². The van der Waals surface area contributed by atoms with Gasteiger partial charge in [0.25, 0.3) is 0 Å². The van der Waals surface area contributed by atoms with Gasteiger partial charge in [-0.3, -0.25) is 0 Å². The molecule has 0 fully saturated rings. The molecule has 0 bridgehead atoms. The first-order valence-corrected chi connectivity index (χ1v) is 6.51. The van der Waals surface area contributed by atoms with Crippen molar-refractivity contribution in [3.05, 3.63) is 51.8 Å². The zero-order valence-corrected chi connectivity index (χ0v) is 12.1. The van der Waals surface area contributed by atoms with Gasteiger partial charge < -0.3 is 9.88 Å². The number of nitrogens with zero attached hydrogens (tertiary/aromatic N) is 1. The zero-order valence-electron chi connectivity index (χ0n) is 11.3. The van der Waals surface area contributed by atoms with E-state index in [1.807, 2.05) is 19.2 Å². The van der Waals surface area contributed by atoms with E-state index in [1.54, 1.807) is 0 Å². The third kappa shape index (κ3) is 2.31. The van der Waals surface area contributed by atoms with Crippen LogP contribution in [0.1, 0.15) is 22.5 Å². The Balaban J connectivity index is 2.60. The summed E-state index contributed by atoms with van der Waals surface area (Å²) < 4.78 is 2.27. The van der Waals surface area contributed by atoms with Crippen LogP contribution in [-0.4, -0.2) is 11.6 Å². The van der Waals surface area contributed by atoms with Crippen molar-refractivity contribution >= 4 is 11.6 Å². The molecule has 1 N–H and O–H groups in total. The first kappa shape index (κ1) is 13.2. The maximum atomic E-state index is 6.11. The van der Waals surface area contributed by atoms with Gasteiger partial charge in [0.15, 0.2) is 0 Å². The van der Waals surface area contributed by atoms with Gasteiger partial charge in [-0.15, -0.1) is 0 Å². The average molecular weight is 263 g/mol. The van der Waals surface area contributed by atoms with Crippen molar-refractivity contribution in [1.29, 1.82) is 0 Å². The molecule has 2 nitrogen and oxygen atoms in total. The number of halogens is 1. The van der Waals surface area contributed by atoms with Crippen LogP contribution in [0.2, 0.25) is 5.02 Å². The van der Waals surface area contributed by atoms with Crippen LogP contribution >= 0.6 is 11.6 Å². The van der Waals surface area contributed by atoms with E-state index in [4.69, 9.17) is 11.6 Å². The zero-order chi connectivity index (χ0) is 13.3. The minimum Gasteiger partial charge on any atom is -0.318 e. The van der Waals surface area contributed by atoms with Crippen molar-refractivity contribution in [3.8, 4) is 5.69 Å². The molecule has 0 saturated heterocycles. The molecule has 1 aromatic heterocycles. The summed E-state index contributed by atoms with van der Waals surface area (Å²) in [6.45, 7) is 7.29. The highest BCUT2D eigenvalue weighted by molar-refractivity contribution is 6.30. The summed E-state index contributed by atoms with van der Waals surface area (Å²) in [5, 5.41) is 3.98. The second-order valence-electron chi connectivity index (χ2n) is 4.69. The molecule has 0 saturated carbocycles. The smallest absolute Gasteiger partial charge is 0.0499 e. The fourth-order valence-corrected chi connectivity index (χ4v) is 2.56. The highest BCUT2D eigenvalue weighted by atomic mass is 35.5. The standard InChI is InChI=1S/C15H19ClN2/c1-10-5-6-14(16)8-15(10)18-11(2)7-13(9-17-4)12(18)3/h5-8,17H,9H2,1-4H3. The molecule has 0 aliphatic heterocycles. The van der Waals surface area contributed by atoms with Crippen LogP contribution in [-0.2, 0) is 6.54 Å². The van der Waals surface area contributed by atoms with E-state index >= 15 is 0 Å². The van der Waals surface area contributed by atoms with Gasteiger partial charge in [-0.25, -0.2) is 0 Å². The predicted molar refractivity (Wildman–Crippen MR) is 77.8 cm³/mol. The first-order valence-electron chi connectivity index (χ1n) is 6.13. The SMILES string of the molecule is CNCc1cc(C)n(-c2cc(Cl)ccc2C)c1C.